The van der Waals surface area contributed by atoms with Crippen molar-refractivity contribution in [2.24, 2.45) is 0 Å². The topological polar surface area (TPSA) is 80.1 Å². The second-order valence-electron chi connectivity index (χ2n) is 7.43. The number of likely N-dealkylation sites (tertiary alicyclic amines) is 1. The van der Waals surface area contributed by atoms with E-state index < -0.39 is 0 Å². The van der Waals surface area contributed by atoms with Gasteiger partial charge in [0.1, 0.15) is 0 Å². The van der Waals surface area contributed by atoms with Crippen LogP contribution in [0.5, 0.6) is 0 Å². The van der Waals surface area contributed by atoms with Crippen molar-refractivity contribution in [3.8, 4) is 0 Å². The summed E-state index contributed by atoms with van der Waals surface area (Å²) in [4.78, 5) is 27.8. The van der Waals surface area contributed by atoms with Crippen molar-refractivity contribution in [3.05, 3.63) is 40.4 Å². The van der Waals surface area contributed by atoms with Gasteiger partial charge in [0.2, 0.25) is 5.91 Å². The fourth-order valence-corrected chi connectivity index (χ4v) is 4.12. The van der Waals surface area contributed by atoms with E-state index in [-0.39, 0.29) is 17.9 Å². The fourth-order valence-electron chi connectivity index (χ4n) is 3.51. The van der Waals surface area contributed by atoms with Crippen LogP contribution < -0.4 is 5.32 Å². The average Bonchev–Trinajstić information content (AvgIpc) is 3.19. The highest BCUT2D eigenvalue weighted by Crippen LogP contribution is 2.22. The summed E-state index contributed by atoms with van der Waals surface area (Å²) in [5.41, 5.74) is 0.363. The number of aromatic nitrogens is 3. The lowest BCUT2D eigenvalue weighted by Crippen LogP contribution is -2.43. The SMILES string of the molecule is O=C(NC1CC1)c1cn(CCC2CCCCN2C(=O)C=Cc2cccs2)nn1. The van der Waals surface area contributed by atoms with Crippen LogP contribution in [0.15, 0.2) is 29.8 Å². The predicted molar refractivity (Wildman–Crippen MR) is 108 cm³/mol. The minimum atomic E-state index is -0.151. The van der Waals surface area contributed by atoms with Crippen molar-refractivity contribution in [1.29, 1.82) is 0 Å². The largest absolute Gasteiger partial charge is 0.348 e. The number of amides is 2. The molecule has 1 atom stereocenters. The van der Waals surface area contributed by atoms with Crippen molar-refractivity contribution < 1.29 is 9.59 Å². The molecule has 0 radical (unpaired) electrons. The van der Waals surface area contributed by atoms with E-state index in [1.165, 1.54) is 0 Å². The number of rotatable bonds is 7. The van der Waals surface area contributed by atoms with E-state index in [0.717, 1.165) is 49.9 Å². The molecule has 2 amide bonds. The molecule has 1 N–H and O–H groups in total. The first-order valence-corrected chi connectivity index (χ1v) is 10.8. The lowest BCUT2D eigenvalue weighted by Gasteiger charge is -2.35. The summed E-state index contributed by atoms with van der Waals surface area (Å²) >= 11 is 1.62. The molecule has 4 rings (SSSR count). The van der Waals surface area contributed by atoms with Crippen molar-refractivity contribution in [2.75, 3.05) is 6.54 Å². The highest BCUT2D eigenvalue weighted by molar-refractivity contribution is 7.10. The van der Waals surface area contributed by atoms with Crippen molar-refractivity contribution in [2.45, 2.75) is 57.2 Å². The lowest BCUT2D eigenvalue weighted by atomic mass is 9.99. The van der Waals surface area contributed by atoms with Gasteiger partial charge in [0.25, 0.3) is 5.91 Å². The average molecular weight is 400 g/mol. The fraction of sp³-hybridized carbons (Fsp3) is 0.500. The van der Waals surface area contributed by atoms with Gasteiger partial charge in [-0.15, -0.1) is 16.4 Å². The van der Waals surface area contributed by atoms with Gasteiger partial charge >= 0.3 is 0 Å². The van der Waals surface area contributed by atoms with Gasteiger partial charge in [-0.1, -0.05) is 11.3 Å². The third kappa shape index (κ3) is 4.86. The second kappa shape index (κ2) is 8.68. The van der Waals surface area contributed by atoms with Crippen LogP contribution in [0.3, 0.4) is 0 Å². The summed E-state index contributed by atoms with van der Waals surface area (Å²) in [6.07, 6.45) is 11.4. The summed E-state index contributed by atoms with van der Waals surface area (Å²) in [6, 6.07) is 4.49. The highest BCUT2D eigenvalue weighted by Gasteiger charge is 2.26. The molecule has 0 spiro atoms. The minimum absolute atomic E-state index is 0.0705. The van der Waals surface area contributed by atoms with Crippen LogP contribution in [0.1, 0.15) is 53.9 Å². The summed E-state index contributed by atoms with van der Waals surface area (Å²) in [7, 11) is 0. The van der Waals surface area contributed by atoms with Gasteiger partial charge in [-0.2, -0.15) is 0 Å². The maximum absolute atomic E-state index is 12.7. The van der Waals surface area contributed by atoms with E-state index in [9.17, 15) is 9.59 Å². The molecule has 0 aromatic carbocycles. The van der Waals surface area contributed by atoms with Crippen LogP contribution in [0.25, 0.3) is 6.08 Å². The van der Waals surface area contributed by atoms with E-state index in [2.05, 4.69) is 15.6 Å². The van der Waals surface area contributed by atoms with E-state index in [0.29, 0.717) is 18.3 Å². The van der Waals surface area contributed by atoms with Gasteiger partial charge in [0, 0.05) is 36.1 Å². The highest BCUT2D eigenvalue weighted by atomic mass is 32.1. The summed E-state index contributed by atoms with van der Waals surface area (Å²) < 4.78 is 1.71. The Morgan fingerprint density at radius 2 is 2.18 bits per heavy atom. The smallest absolute Gasteiger partial charge is 0.273 e. The zero-order valence-electron chi connectivity index (χ0n) is 15.8. The molecule has 148 valence electrons. The Morgan fingerprint density at radius 1 is 1.29 bits per heavy atom. The summed E-state index contributed by atoms with van der Waals surface area (Å²) in [5, 5.41) is 13.0. The zero-order valence-corrected chi connectivity index (χ0v) is 16.6. The first-order valence-electron chi connectivity index (χ1n) is 9.92. The number of carbonyl (C=O) groups excluding carboxylic acids is 2. The maximum Gasteiger partial charge on any atom is 0.273 e. The Hall–Kier alpha value is -2.48. The summed E-state index contributed by atoms with van der Waals surface area (Å²) in [6.45, 7) is 1.44. The van der Waals surface area contributed by atoms with Crippen molar-refractivity contribution in [3.63, 3.8) is 0 Å². The molecule has 3 heterocycles. The molecule has 8 heteroatoms. The molecule has 1 saturated heterocycles. The number of piperidine rings is 1. The standard InChI is InChI=1S/C20H25N5O2S/c26-19(9-8-17-5-3-13-28-17)25-11-2-1-4-16(25)10-12-24-14-18(22-23-24)20(27)21-15-6-7-15/h3,5,8-9,13-16H,1-2,4,6-7,10-12H2,(H,21,27). The van der Waals surface area contributed by atoms with E-state index in [4.69, 9.17) is 0 Å². The number of hydrogen-bond donors (Lipinski definition) is 1. The number of nitrogens with zero attached hydrogens (tertiary/aromatic N) is 4. The minimum Gasteiger partial charge on any atom is -0.348 e. The Kier molecular flexibility index (Phi) is 5.85. The molecule has 1 unspecified atom stereocenters. The van der Waals surface area contributed by atoms with Gasteiger partial charge in [-0.05, 0) is 56.0 Å². The van der Waals surface area contributed by atoms with Gasteiger partial charge in [0.15, 0.2) is 5.69 Å². The first kappa shape index (κ1) is 18.9. The van der Waals surface area contributed by atoms with E-state index >= 15 is 0 Å². The molecule has 2 aliphatic rings. The van der Waals surface area contributed by atoms with Crippen LogP contribution in [0, 0.1) is 0 Å². The normalized spacial score (nSPS) is 19.9. The van der Waals surface area contributed by atoms with Crippen LogP contribution in [0.4, 0.5) is 0 Å². The predicted octanol–water partition coefficient (Wildman–Crippen LogP) is 2.72. The third-order valence-electron chi connectivity index (χ3n) is 5.22. The van der Waals surface area contributed by atoms with E-state index in [1.54, 1.807) is 28.3 Å². The monoisotopic (exact) mass is 399 g/mol. The van der Waals surface area contributed by atoms with Crippen LogP contribution in [-0.2, 0) is 11.3 Å². The Labute approximate surface area is 168 Å². The Bertz CT molecular complexity index is 841. The number of nitrogens with one attached hydrogen (secondary N) is 1. The molecule has 28 heavy (non-hydrogen) atoms. The maximum atomic E-state index is 12.7. The van der Waals surface area contributed by atoms with Gasteiger partial charge < -0.3 is 10.2 Å². The quantitative estimate of drug-likeness (QED) is 0.726. The molecule has 2 aromatic heterocycles. The molecule has 0 bridgehead atoms. The molecule has 7 nitrogen and oxygen atoms in total. The first-order chi connectivity index (χ1) is 13.7. The van der Waals surface area contributed by atoms with Gasteiger partial charge in [-0.3, -0.25) is 14.3 Å². The van der Waals surface area contributed by atoms with Gasteiger partial charge in [-0.25, -0.2) is 0 Å². The van der Waals surface area contributed by atoms with Crippen LogP contribution >= 0.6 is 11.3 Å². The van der Waals surface area contributed by atoms with Crippen molar-refractivity contribution in [1.82, 2.24) is 25.2 Å². The number of aryl methyl sites for hydroxylation is 1. The molecule has 2 aromatic rings. The zero-order chi connectivity index (χ0) is 19.3. The van der Waals surface area contributed by atoms with E-state index in [1.807, 2.05) is 28.5 Å². The Morgan fingerprint density at radius 3 is 2.96 bits per heavy atom. The summed E-state index contributed by atoms with van der Waals surface area (Å²) in [5.74, 6) is -0.0804. The van der Waals surface area contributed by atoms with Crippen LogP contribution in [-0.4, -0.2) is 50.3 Å². The lowest BCUT2D eigenvalue weighted by molar-refractivity contribution is -0.129. The van der Waals surface area contributed by atoms with Gasteiger partial charge in [0.05, 0.1) is 6.20 Å². The molecule has 1 aliphatic heterocycles. The third-order valence-corrected chi connectivity index (χ3v) is 6.06. The van der Waals surface area contributed by atoms with Crippen molar-refractivity contribution >= 4 is 29.2 Å². The molecule has 2 fully saturated rings. The second-order valence-corrected chi connectivity index (χ2v) is 8.41. The number of hydrogen-bond acceptors (Lipinski definition) is 5. The molecule has 1 saturated carbocycles. The number of thiophene rings is 1. The molecular formula is C20H25N5O2S. The Balaban J connectivity index is 1.32. The molecular weight excluding hydrogens is 374 g/mol. The number of carbonyl (C=O) groups is 2. The molecule has 1 aliphatic carbocycles. The van der Waals surface area contributed by atoms with Crippen LogP contribution in [0.2, 0.25) is 0 Å².